The lowest BCUT2D eigenvalue weighted by molar-refractivity contribution is -0.136. The molecule has 25 heavy (non-hydrogen) atoms. The summed E-state index contributed by atoms with van der Waals surface area (Å²) in [5.74, 6) is -0.638. The number of ether oxygens (including phenoxy) is 1. The van der Waals surface area contributed by atoms with Crippen LogP contribution in [0.5, 0.6) is 0 Å². The van der Waals surface area contributed by atoms with Crippen molar-refractivity contribution in [3.63, 3.8) is 0 Å². The average Bonchev–Trinajstić information content (AvgIpc) is 2.50. The Kier molecular flexibility index (Phi) is 9.34. The molecule has 0 rings (SSSR count). The number of aliphatic hydroxyl groups excluding tert-OH is 1. The van der Waals surface area contributed by atoms with Crippen molar-refractivity contribution in [3.8, 4) is 0 Å². The van der Waals surface area contributed by atoms with Gasteiger partial charge >= 0.3 is 5.97 Å². The number of aliphatic hydroxyl groups is 1. The first-order valence-corrected chi connectivity index (χ1v) is 11.9. The molecule has 0 aliphatic rings. The van der Waals surface area contributed by atoms with Gasteiger partial charge in [-0.25, -0.2) is 4.79 Å². The van der Waals surface area contributed by atoms with Crippen LogP contribution in [0.25, 0.3) is 0 Å². The normalized spacial score (nSPS) is 18.8. The van der Waals surface area contributed by atoms with E-state index in [0.717, 1.165) is 0 Å². The summed E-state index contributed by atoms with van der Waals surface area (Å²) in [6.45, 7) is 18.6. The summed E-state index contributed by atoms with van der Waals surface area (Å²) >= 11 is 0. The van der Waals surface area contributed by atoms with Crippen molar-refractivity contribution in [3.05, 3.63) is 23.8 Å². The quantitative estimate of drug-likeness (QED) is 0.291. The van der Waals surface area contributed by atoms with Gasteiger partial charge in [0.25, 0.3) is 0 Å². The Labute approximate surface area is 155 Å². The second-order valence-electron chi connectivity index (χ2n) is 8.42. The van der Waals surface area contributed by atoms with E-state index in [-0.39, 0.29) is 28.9 Å². The average molecular weight is 371 g/mol. The number of methoxy groups -OCH3 is 1. The van der Waals surface area contributed by atoms with Crippen molar-refractivity contribution < 1.29 is 19.1 Å². The predicted octanol–water partition coefficient (Wildman–Crippen LogP) is 4.71. The van der Waals surface area contributed by atoms with Crippen LogP contribution in [-0.4, -0.2) is 38.7 Å². The van der Waals surface area contributed by atoms with E-state index in [2.05, 4.69) is 33.9 Å². The lowest BCUT2D eigenvalue weighted by Gasteiger charge is -2.41. The summed E-state index contributed by atoms with van der Waals surface area (Å²) in [7, 11) is -0.597. The number of carbonyl (C=O) groups is 1. The Morgan fingerprint density at radius 3 is 2.12 bits per heavy atom. The number of rotatable bonds is 8. The molecule has 0 aromatic carbocycles. The first-order chi connectivity index (χ1) is 11.3. The number of hydrogen-bond acceptors (Lipinski definition) is 4. The molecule has 0 amide bonds. The lowest BCUT2D eigenvalue weighted by Crippen LogP contribution is -2.47. The van der Waals surface area contributed by atoms with Crippen LogP contribution >= 0.6 is 0 Å². The summed E-state index contributed by atoms with van der Waals surface area (Å²) in [5, 5.41) is 10.9. The molecule has 0 saturated heterocycles. The molecule has 0 aromatic rings. The summed E-state index contributed by atoms with van der Waals surface area (Å²) in [6, 6.07) is 0. The molecule has 0 aromatic heterocycles. The maximum atomic E-state index is 11.6. The Balaban J connectivity index is 5.34. The maximum absolute atomic E-state index is 11.6. The minimum Gasteiger partial charge on any atom is -0.466 e. The van der Waals surface area contributed by atoms with Gasteiger partial charge in [-0.1, -0.05) is 52.8 Å². The zero-order valence-electron chi connectivity index (χ0n) is 17.7. The Bertz CT molecular complexity index is 488. The molecule has 0 aliphatic carbocycles. The number of hydrogen-bond donors (Lipinski definition) is 1. The highest BCUT2D eigenvalue weighted by atomic mass is 28.4. The van der Waals surface area contributed by atoms with Gasteiger partial charge in [-0.15, -0.1) is 0 Å². The van der Waals surface area contributed by atoms with Gasteiger partial charge in [0.1, 0.15) is 0 Å². The lowest BCUT2D eigenvalue weighted by atomic mass is 9.88. The number of allylic oxidation sites excluding steroid dienone is 1. The number of esters is 1. The van der Waals surface area contributed by atoms with E-state index in [1.807, 2.05) is 32.9 Å². The highest BCUT2D eigenvalue weighted by Gasteiger charge is 2.40. The van der Waals surface area contributed by atoms with E-state index in [1.165, 1.54) is 7.11 Å². The van der Waals surface area contributed by atoms with E-state index in [1.54, 1.807) is 13.0 Å². The molecular formula is C20H38O4Si. The first-order valence-electron chi connectivity index (χ1n) is 9.04. The van der Waals surface area contributed by atoms with Crippen LogP contribution < -0.4 is 0 Å². The van der Waals surface area contributed by atoms with Gasteiger partial charge in [-0.3, -0.25) is 0 Å². The molecule has 0 bridgehead atoms. The van der Waals surface area contributed by atoms with E-state index >= 15 is 0 Å². The molecule has 1 N–H and O–H groups in total. The molecule has 0 saturated carbocycles. The molecule has 0 spiro atoms. The van der Waals surface area contributed by atoms with Crippen LogP contribution in [0.4, 0.5) is 0 Å². The summed E-state index contributed by atoms with van der Waals surface area (Å²) in [4.78, 5) is 11.6. The minimum atomic E-state index is -1.96. The van der Waals surface area contributed by atoms with Crippen molar-refractivity contribution in [2.75, 3.05) is 7.11 Å². The van der Waals surface area contributed by atoms with E-state index in [9.17, 15) is 9.90 Å². The third-order valence-electron chi connectivity index (χ3n) is 5.23. The van der Waals surface area contributed by atoms with Gasteiger partial charge in [0.15, 0.2) is 8.32 Å². The van der Waals surface area contributed by atoms with Gasteiger partial charge in [-0.2, -0.15) is 0 Å². The Hall–Kier alpha value is -0.913. The molecule has 0 fully saturated rings. The molecule has 4 atom stereocenters. The zero-order chi connectivity index (χ0) is 20.0. The van der Waals surface area contributed by atoms with Crippen molar-refractivity contribution >= 4 is 14.3 Å². The van der Waals surface area contributed by atoms with E-state index < -0.39 is 14.4 Å². The van der Waals surface area contributed by atoms with Crippen LogP contribution in [0.3, 0.4) is 0 Å². The summed E-state index contributed by atoms with van der Waals surface area (Å²) in [5.41, 5.74) is 0.508. The first kappa shape index (κ1) is 24.1. The van der Waals surface area contributed by atoms with Crippen molar-refractivity contribution in [1.29, 1.82) is 0 Å². The fraction of sp³-hybridized carbons (Fsp3) is 0.750. The highest BCUT2D eigenvalue weighted by molar-refractivity contribution is 6.74. The fourth-order valence-corrected chi connectivity index (χ4v) is 3.75. The van der Waals surface area contributed by atoms with Gasteiger partial charge in [0.05, 0.1) is 19.3 Å². The van der Waals surface area contributed by atoms with Crippen LogP contribution in [0, 0.1) is 11.8 Å². The standard InChI is InChI=1S/C20H38O4Si/c1-11-12-17(24-25(9,10)20(5,6)7)16(4)18(21)14(2)13-15(3)19(22)23-8/h11-14,16-18,21H,1-10H3/b12-11+,15-13+/t14-,16+,17-,18+/m0/s1. The third kappa shape index (κ3) is 7.08. The minimum absolute atomic E-state index is 0.0954. The van der Waals surface area contributed by atoms with Gasteiger partial charge in [0.2, 0.25) is 0 Å². The van der Waals surface area contributed by atoms with Crippen LogP contribution in [-0.2, 0) is 14.0 Å². The van der Waals surface area contributed by atoms with E-state index in [4.69, 9.17) is 9.16 Å². The van der Waals surface area contributed by atoms with Crippen LogP contribution in [0.1, 0.15) is 48.5 Å². The highest BCUT2D eigenvalue weighted by Crippen LogP contribution is 2.38. The van der Waals surface area contributed by atoms with E-state index in [0.29, 0.717) is 5.57 Å². The van der Waals surface area contributed by atoms with Crippen molar-refractivity contribution in [1.82, 2.24) is 0 Å². The Morgan fingerprint density at radius 2 is 1.72 bits per heavy atom. The van der Waals surface area contributed by atoms with Crippen LogP contribution in [0.2, 0.25) is 18.1 Å². The van der Waals surface area contributed by atoms with Gasteiger partial charge in [0, 0.05) is 17.4 Å². The fourth-order valence-electron chi connectivity index (χ4n) is 2.42. The second kappa shape index (κ2) is 9.69. The number of carbonyl (C=O) groups excluding carboxylic acids is 1. The summed E-state index contributed by atoms with van der Waals surface area (Å²) in [6.07, 6.45) is 4.99. The largest absolute Gasteiger partial charge is 0.466 e. The molecule has 4 nitrogen and oxygen atoms in total. The smallest absolute Gasteiger partial charge is 0.333 e. The van der Waals surface area contributed by atoms with Gasteiger partial charge < -0.3 is 14.3 Å². The van der Waals surface area contributed by atoms with Gasteiger partial charge in [-0.05, 0) is 32.0 Å². The Morgan fingerprint density at radius 1 is 1.20 bits per heavy atom. The SMILES string of the molecule is C/C=C/[C@H](O[Si](C)(C)C(C)(C)C)[C@@H](C)[C@H](O)[C@@H](C)/C=C(\C)C(=O)OC. The summed E-state index contributed by atoms with van der Waals surface area (Å²) < 4.78 is 11.3. The van der Waals surface area contributed by atoms with Crippen LogP contribution in [0.15, 0.2) is 23.8 Å². The molecule has 146 valence electrons. The van der Waals surface area contributed by atoms with Crippen molar-refractivity contribution in [2.24, 2.45) is 11.8 Å². The molecular weight excluding hydrogens is 332 g/mol. The maximum Gasteiger partial charge on any atom is 0.333 e. The second-order valence-corrected chi connectivity index (χ2v) is 13.2. The molecule has 5 heteroatoms. The molecule has 0 heterocycles. The van der Waals surface area contributed by atoms with Crippen molar-refractivity contribution in [2.45, 2.75) is 78.8 Å². The topological polar surface area (TPSA) is 55.8 Å². The third-order valence-corrected chi connectivity index (χ3v) is 9.71. The zero-order valence-corrected chi connectivity index (χ0v) is 18.7. The predicted molar refractivity (Wildman–Crippen MR) is 107 cm³/mol. The monoisotopic (exact) mass is 370 g/mol. The molecule has 0 unspecified atom stereocenters. The molecule has 0 radical (unpaired) electrons. The molecule has 0 aliphatic heterocycles.